The van der Waals surface area contributed by atoms with E-state index in [1.165, 1.54) is 0 Å². The van der Waals surface area contributed by atoms with Crippen molar-refractivity contribution < 1.29 is 14.3 Å². The number of carbonyl (C=O) groups excluding carboxylic acids is 1. The monoisotopic (exact) mass is 410 g/mol. The molecule has 4 rings (SSSR count). The van der Waals surface area contributed by atoms with Crippen LogP contribution in [0, 0.1) is 12.8 Å². The first-order chi connectivity index (χ1) is 14.5. The summed E-state index contributed by atoms with van der Waals surface area (Å²) in [4.78, 5) is 25.3. The molecule has 1 saturated heterocycles. The number of methoxy groups -OCH3 is 1. The molecule has 3 heterocycles. The molecule has 0 unspecified atom stereocenters. The van der Waals surface area contributed by atoms with E-state index in [4.69, 9.17) is 9.47 Å². The number of ether oxygens (including phenoxy) is 2. The maximum absolute atomic E-state index is 12.3. The predicted octanol–water partition coefficient (Wildman–Crippen LogP) is 2.82. The van der Waals surface area contributed by atoms with Gasteiger partial charge in [-0.15, -0.1) is 0 Å². The van der Waals surface area contributed by atoms with Crippen molar-refractivity contribution in [1.82, 2.24) is 19.8 Å². The molecule has 1 fully saturated rings. The predicted molar refractivity (Wildman–Crippen MR) is 113 cm³/mol. The van der Waals surface area contributed by atoms with E-state index in [1.807, 2.05) is 42.4 Å². The highest BCUT2D eigenvalue weighted by Crippen LogP contribution is 2.33. The van der Waals surface area contributed by atoms with Crippen LogP contribution in [0.4, 0.5) is 0 Å². The van der Waals surface area contributed by atoms with Gasteiger partial charge in [0.1, 0.15) is 23.4 Å². The highest BCUT2D eigenvalue weighted by atomic mass is 16.5. The van der Waals surface area contributed by atoms with E-state index in [2.05, 4.69) is 14.9 Å². The van der Waals surface area contributed by atoms with Crippen LogP contribution in [0.5, 0.6) is 11.5 Å². The Labute approximate surface area is 178 Å². The molecule has 2 aromatic rings. The van der Waals surface area contributed by atoms with Crippen molar-refractivity contribution in [2.45, 2.75) is 45.9 Å². The number of amides is 1. The zero-order valence-electron chi connectivity index (χ0n) is 18.0. The molecular weight excluding hydrogens is 380 g/mol. The number of likely N-dealkylation sites (tertiary alicyclic amines) is 1. The lowest BCUT2D eigenvalue weighted by Crippen LogP contribution is -2.46. The van der Waals surface area contributed by atoms with Crippen molar-refractivity contribution in [1.29, 1.82) is 0 Å². The molecule has 0 radical (unpaired) electrons. The number of rotatable bonds is 4. The minimum Gasteiger partial charge on any atom is -0.497 e. The van der Waals surface area contributed by atoms with E-state index in [0.29, 0.717) is 19.0 Å². The number of piperidine rings is 1. The summed E-state index contributed by atoms with van der Waals surface area (Å²) in [7, 11) is 1.65. The molecule has 7 heteroatoms. The molecule has 2 aliphatic heterocycles. The molecule has 0 bridgehead atoms. The van der Waals surface area contributed by atoms with Gasteiger partial charge in [0.15, 0.2) is 0 Å². The number of hydrogen-bond acceptors (Lipinski definition) is 6. The van der Waals surface area contributed by atoms with Crippen molar-refractivity contribution in [2.24, 2.45) is 5.92 Å². The Kier molecular flexibility index (Phi) is 6.18. The van der Waals surface area contributed by atoms with Gasteiger partial charge in [-0.05, 0) is 44.5 Å². The number of carbonyl (C=O) groups is 1. The first-order valence-corrected chi connectivity index (χ1v) is 10.6. The minimum absolute atomic E-state index is 0.0272. The van der Waals surface area contributed by atoms with Gasteiger partial charge in [-0.25, -0.2) is 9.97 Å². The van der Waals surface area contributed by atoms with Crippen LogP contribution in [0.3, 0.4) is 0 Å². The lowest BCUT2D eigenvalue weighted by atomic mass is 9.91. The van der Waals surface area contributed by atoms with Gasteiger partial charge >= 0.3 is 0 Å². The molecule has 160 valence electrons. The van der Waals surface area contributed by atoms with Gasteiger partial charge in [0.05, 0.1) is 13.7 Å². The van der Waals surface area contributed by atoms with Crippen LogP contribution < -0.4 is 9.47 Å². The normalized spacial score (nSPS) is 22.0. The van der Waals surface area contributed by atoms with Gasteiger partial charge in [0.2, 0.25) is 5.91 Å². The molecule has 2 atom stereocenters. The van der Waals surface area contributed by atoms with Crippen LogP contribution in [-0.4, -0.2) is 58.5 Å². The lowest BCUT2D eigenvalue weighted by Gasteiger charge is -2.37. The van der Waals surface area contributed by atoms with Crippen molar-refractivity contribution >= 4 is 5.91 Å². The van der Waals surface area contributed by atoms with Crippen LogP contribution in [0.25, 0.3) is 0 Å². The second-order valence-electron chi connectivity index (χ2n) is 8.31. The van der Waals surface area contributed by atoms with Crippen molar-refractivity contribution in [3.8, 4) is 11.5 Å². The highest BCUT2D eigenvalue weighted by molar-refractivity contribution is 5.73. The maximum atomic E-state index is 12.3. The first kappa shape index (κ1) is 20.6. The Morgan fingerprint density at radius 1 is 1.27 bits per heavy atom. The average Bonchev–Trinajstić information content (AvgIpc) is 2.95. The summed E-state index contributed by atoms with van der Waals surface area (Å²) in [6.07, 6.45) is 6.01. The number of hydrogen-bond donors (Lipinski definition) is 0. The number of aromatic nitrogens is 2. The van der Waals surface area contributed by atoms with Gasteiger partial charge in [-0.2, -0.15) is 0 Å². The third kappa shape index (κ3) is 4.73. The van der Waals surface area contributed by atoms with Crippen molar-refractivity contribution in [2.75, 3.05) is 26.7 Å². The Hall–Kier alpha value is -2.67. The molecule has 1 aromatic carbocycles. The van der Waals surface area contributed by atoms with Crippen LogP contribution in [0.2, 0.25) is 0 Å². The van der Waals surface area contributed by atoms with E-state index >= 15 is 0 Å². The SMILES string of the molecule is COc1ccc2c(c1)CN(C(C)=O)C[C@@H]([C@H]1CCCN(Cc3cnc(C)nc3)C1)O2. The summed E-state index contributed by atoms with van der Waals surface area (Å²) in [5.41, 5.74) is 2.13. The van der Waals surface area contributed by atoms with Gasteiger partial charge in [0, 0.05) is 56.0 Å². The molecule has 30 heavy (non-hydrogen) atoms. The van der Waals surface area contributed by atoms with Crippen LogP contribution in [-0.2, 0) is 17.9 Å². The average molecular weight is 411 g/mol. The quantitative estimate of drug-likeness (QED) is 0.772. The van der Waals surface area contributed by atoms with E-state index in [-0.39, 0.29) is 12.0 Å². The van der Waals surface area contributed by atoms with Crippen LogP contribution >= 0.6 is 0 Å². The Morgan fingerprint density at radius 3 is 2.80 bits per heavy atom. The largest absolute Gasteiger partial charge is 0.497 e. The van der Waals surface area contributed by atoms with E-state index in [0.717, 1.165) is 60.9 Å². The van der Waals surface area contributed by atoms with Gasteiger partial charge in [-0.3, -0.25) is 9.69 Å². The highest BCUT2D eigenvalue weighted by Gasteiger charge is 2.33. The standard InChI is InChI=1S/C23H30N4O3/c1-16-24-10-18(11-25-16)12-26-8-4-5-19(13-26)23-15-27(17(2)28)14-20-9-21(29-3)6-7-22(20)30-23/h6-7,9-11,19,23H,4-5,8,12-15H2,1-3H3/t19-,23-/m0/s1. The smallest absolute Gasteiger partial charge is 0.219 e. The number of nitrogens with zero attached hydrogens (tertiary/aromatic N) is 4. The van der Waals surface area contributed by atoms with Crippen molar-refractivity contribution in [3.05, 3.63) is 47.5 Å². The molecule has 1 aromatic heterocycles. The number of fused-ring (bicyclic) bond motifs is 1. The fourth-order valence-electron chi connectivity index (χ4n) is 4.39. The molecule has 1 amide bonds. The Morgan fingerprint density at radius 2 is 2.07 bits per heavy atom. The molecule has 0 N–H and O–H groups in total. The second kappa shape index (κ2) is 9.00. The van der Waals surface area contributed by atoms with Gasteiger partial charge in [-0.1, -0.05) is 0 Å². The molecular formula is C23H30N4O3. The minimum atomic E-state index is -0.0272. The number of benzene rings is 1. The summed E-state index contributed by atoms with van der Waals surface area (Å²) < 4.78 is 11.9. The van der Waals surface area contributed by atoms with Gasteiger partial charge in [0.25, 0.3) is 0 Å². The number of aryl methyl sites for hydroxylation is 1. The topological polar surface area (TPSA) is 67.8 Å². The fourth-order valence-corrected chi connectivity index (χ4v) is 4.39. The van der Waals surface area contributed by atoms with E-state index in [1.54, 1.807) is 14.0 Å². The summed E-state index contributed by atoms with van der Waals surface area (Å²) in [6.45, 7) is 7.53. The lowest BCUT2D eigenvalue weighted by molar-refractivity contribution is -0.130. The zero-order valence-corrected chi connectivity index (χ0v) is 18.0. The molecule has 7 nitrogen and oxygen atoms in total. The third-order valence-electron chi connectivity index (χ3n) is 6.06. The summed E-state index contributed by atoms with van der Waals surface area (Å²) in [6, 6.07) is 5.86. The Balaban J connectivity index is 1.50. The van der Waals surface area contributed by atoms with Gasteiger partial charge < -0.3 is 14.4 Å². The molecule has 0 spiro atoms. The second-order valence-corrected chi connectivity index (χ2v) is 8.31. The van der Waals surface area contributed by atoms with Crippen LogP contribution in [0.1, 0.15) is 36.7 Å². The molecule has 0 aliphatic carbocycles. The summed E-state index contributed by atoms with van der Waals surface area (Å²) in [5.74, 6) is 2.86. The fraction of sp³-hybridized carbons (Fsp3) is 0.522. The summed E-state index contributed by atoms with van der Waals surface area (Å²) >= 11 is 0. The maximum Gasteiger partial charge on any atom is 0.219 e. The third-order valence-corrected chi connectivity index (χ3v) is 6.06. The van der Waals surface area contributed by atoms with E-state index < -0.39 is 0 Å². The summed E-state index contributed by atoms with van der Waals surface area (Å²) in [5, 5.41) is 0. The van der Waals surface area contributed by atoms with Crippen LogP contribution in [0.15, 0.2) is 30.6 Å². The van der Waals surface area contributed by atoms with E-state index in [9.17, 15) is 4.79 Å². The molecule has 0 saturated carbocycles. The Bertz CT molecular complexity index is 887. The zero-order chi connectivity index (χ0) is 21.1. The molecule has 2 aliphatic rings. The van der Waals surface area contributed by atoms with Crippen molar-refractivity contribution in [3.63, 3.8) is 0 Å². The first-order valence-electron chi connectivity index (χ1n) is 10.6.